The predicted molar refractivity (Wildman–Crippen MR) is 70.9 cm³/mol. The average molecular weight is 267 g/mol. The summed E-state index contributed by atoms with van der Waals surface area (Å²) in [4.78, 5) is 8.60. The van der Waals surface area contributed by atoms with Crippen LogP contribution in [0.4, 0.5) is 5.69 Å². The lowest BCUT2D eigenvalue weighted by atomic mass is 10.0. The Labute approximate surface area is 114 Å². The van der Waals surface area contributed by atoms with E-state index in [0.717, 1.165) is 22.0 Å². The second-order valence-corrected chi connectivity index (χ2v) is 4.22. The predicted octanol–water partition coefficient (Wildman–Crippen LogP) is 3.17. The van der Waals surface area contributed by atoms with Crippen LogP contribution in [0.15, 0.2) is 60.3 Å². The largest absolute Gasteiger partial charge is 0.359 e. The minimum absolute atomic E-state index is 0.289. The van der Waals surface area contributed by atoms with Gasteiger partial charge in [-0.3, -0.25) is 10.2 Å². The summed E-state index contributed by atoms with van der Waals surface area (Å²) >= 11 is 0. The van der Waals surface area contributed by atoms with E-state index in [2.05, 4.69) is 15.2 Å². The second kappa shape index (κ2) is 4.93. The summed E-state index contributed by atoms with van der Waals surface area (Å²) in [6.45, 7) is 0. The number of aromatic nitrogens is 2. The summed E-state index contributed by atoms with van der Waals surface area (Å²) in [5, 5.41) is 21.3. The van der Waals surface area contributed by atoms with Crippen LogP contribution in [0.1, 0.15) is 0 Å². The molecule has 2 aromatic heterocycles. The Morgan fingerprint density at radius 1 is 1.00 bits per heavy atom. The van der Waals surface area contributed by atoms with Crippen LogP contribution in [0, 0.1) is 0 Å². The average Bonchev–Trinajstić information content (AvgIpc) is 2.54. The number of hydrogen-bond acceptors (Lipinski definition) is 3. The van der Waals surface area contributed by atoms with E-state index >= 15 is 0 Å². The van der Waals surface area contributed by atoms with Gasteiger partial charge in [-0.15, -0.1) is 0 Å². The van der Waals surface area contributed by atoms with Gasteiger partial charge in [-0.2, -0.15) is 0 Å². The van der Waals surface area contributed by atoms with Gasteiger partial charge in [0.05, 0.1) is 5.52 Å². The Bertz CT molecular complexity index is 788. The fraction of sp³-hybridized carbons (Fsp3) is 0. The first-order valence-corrected chi connectivity index (χ1v) is 5.92. The molecule has 0 fully saturated rings. The summed E-state index contributed by atoms with van der Waals surface area (Å²) < 4.78 is 0. The Balaban J connectivity index is 2.10. The molecule has 3 aromatic rings. The highest BCUT2D eigenvalue weighted by Crippen LogP contribution is 2.24. The number of hydrogen-bond donors (Lipinski definition) is 2. The van der Waals surface area contributed by atoms with E-state index in [1.54, 1.807) is 18.5 Å². The van der Waals surface area contributed by atoms with E-state index in [9.17, 15) is 5.21 Å². The first-order valence-electron chi connectivity index (χ1n) is 5.92. The maximum atomic E-state index is 9.29. The van der Waals surface area contributed by atoms with E-state index < -0.39 is 0 Å². The maximum Gasteiger partial charge on any atom is 0.311 e. The van der Waals surface area contributed by atoms with Crippen molar-refractivity contribution in [2.75, 3.05) is 0 Å². The minimum Gasteiger partial charge on any atom is -0.359 e. The third kappa shape index (κ3) is 2.14. The van der Waals surface area contributed by atoms with Crippen molar-refractivity contribution in [3.8, 4) is 11.1 Å². The highest BCUT2D eigenvalue weighted by Gasteiger charge is 2.12. The quantitative estimate of drug-likeness (QED) is 0.424. The Kier molecular flexibility index (Phi) is 2.96. The molecule has 0 bridgehead atoms. The third-order valence-corrected chi connectivity index (χ3v) is 3.00. The molecule has 0 amide bonds. The molecule has 0 aliphatic carbocycles. The van der Waals surface area contributed by atoms with Crippen molar-refractivity contribution >= 4 is 16.6 Å². The van der Waals surface area contributed by atoms with Crippen LogP contribution in [0.2, 0.25) is 0 Å². The molecular weight excluding hydrogens is 256 g/mol. The fourth-order valence-electron chi connectivity index (χ4n) is 1.99. The molecule has 2 N–H and O–H groups in total. The molecule has 0 aliphatic rings. The topological polar surface area (TPSA) is 81.6 Å². The number of pyridine rings is 2. The van der Waals surface area contributed by atoms with Crippen LogP contribution >= 0.6 is 0 Å². The van der Waals surface area contributed by atoms with Crippen LogP contribution in [0.3, 0.4) is 0 Å². The molecule has 0 aliphatic heterocycles. The molecule has 0 atom stereocenters. The van der Waals surface area contributed by atoms with Crippen LogP contribution in [0.25, 0.3) is 22.0 Å². The molecule has 3 rings (SSSR count). The van der Waals surface area contributed by atoms with Gasteiger partial charge in [0.2, 0.25) is 5.28 Å². The highest BCUT2D eigenvalue weighted by atomic mass is 16.6. The van der Waals surface area contributed by atoms with Crippen LogP contribution in [0.5, 0.6) is 0 Å². The molecule has 20 heavy (non-hydrogen) atoms. The van der Waals surface area contributed by atoms with Gasteiger partial charge in [0, 0.05) is 23.8 Å². The zero-order valence-corrected chi connectivity index (χ0v) is 10.4. The van der Waals surface area contributed by atoms with E-state index in [1.807, 2.05) is 30.3 Å². The van der Waals surface area contributed by atoms with Gasteiger partial charge < -0.3 is 5.21 Å². The maximum absolute atomic E-state index is 9.29. The van der Waals surface area contributed by atoms with Crippen molar-refractivity contribution in [1.82, 2.24) is 9.97 Å². The normalized spacial score (nSPS) is 11.7. The van der Waals surface area contributed by atoms with Gasteiger partial charge in [-0.05, 0) is 29.3 Å². The van der Waals surface area contributed by atoms with Crippen LogP contribution < -0.4 is 0 Å². The number of nitrogens with zero attached hydrogens (tertiary/aromatic N) is 4. The third-order valence-electron chi connectivity index (χ3n) is 3.00. The van der Waals surface area contributed by atoms with Crippen molar-refractivity contribution in [3.63, 3.8) is 0 Å². The second-order valence-electron chi connectivity index (χ2n) is 4.22. The SMILES string of the molecule is ON=[N+](O)c1cnc2cc(-c3ccncc3)ccc2c1. The molecule has 0 saturated heterocycles. The Hall–Kier alpha value is -3.02. The lowest BCUT2D eigenvalue weighted by Gasteiger charge is -2.02. The summed E-state index contributed by atoms with van der Waals surface area (Å²) in [7, 11) is 0. The molecule has 0 saturated carbocycles. The molecule has 0 spiro atoms. The molecular formula is C14H11N4O2+. The molecule has 6 nitrogen and oxygen atoms in total. The molecule has 0 unspecified atom stereocenters. The van der Waals surface area contributed by atoms with Gasteiger partial charge in [-0.1, -0.05) is 12.1 Å². The standard InChI is InChI=1S/C14H10N4O2/c19-17-18(20)13-7-12-2-1-11(8-14(12)16-9-13)10-3-5-15-6-4-10/h1-9,20H/p+1. The van der Waals surface area contributed by atoms with Crippen molar-refractivity contribution in [1.29, 1.82) is 0 Å². The number of benzene rings is 1. The van der Waals surface area contributed by atoms with E-state index in [4.69, 9.17) is 5.21 Å². The zero-order valence-electron chi connectivity index (χ0n) is 10.4. The zero-order chi connectivity index (χ0) is 13.9. The molecule has 2 heterocycles. The van der Waals surface area contributed by atoms with Gasteiger partial charge in [0.15, 0.2) is 4.86 Å². The minimum atomic E-state index is 0.289. The number of fused-ring (bicyclic) bond motifs is 1. The monoisotopic (exact) mass is 267 g/mol. The molecule has 0 radical (unpaired) electrons. The van der Waals surface area contributed by atoms with Crippen molar-refractivity contribution in [2.45, 2.75) is 0 Å². The van der Waals surface area contributed by atoms with Gasteiger partial charge in [-0.25, -0.2) is 4.98 Å². The smallest absolute Gasteiger partial charge is 0.311 e. The van der Waals surface area contributed by atoms with E-state index in [1.165, 1.54) is 6.20 Å². The fourth-order valence-corrected chi connectivity index (χ4v) is 1.99. The highest BCUT2D eigenvalue weighted by molar-refractivity contribution is 5.85. The summed E-state index contributed by atoms with van der Waals surface area (Å²) in [6, 6.07) is 11.3. The van der Waals surface area contributed by atoms with Crippen molar-refractivity contribution in [3.05, 3.63) is 55.0 Å². The van der Waals surface area contributed by atoms with Crippen LogP contribution in [-0.2, 0) is 0 Å². The molecule has 6 heteroatoms. The summed E-state index contributed by atoms with van der Waals surface area (Å²) in [6.07, 6.45) is 4.91. The Morgan fingerprint density at radius 3 is 2.55 bits per heavy atom. The number of rotatable bonds is 2. The summed E-state index contributed by atoms with van der Waals surface area (Å²) in [5.41, 5.74) is 3.17. The van der Waals surface area contributed by atoms with E-state index in [-0.39, 0.29) is 5.69 Å². The lowest BCUT2D eigenvalue weighted by molar-refractivity contribution is -0.778. The molecule has 1 aromatic carbocycles. The van der Waals surface area contributed by atoms with Crippen LogP contribution in [-0.4, -0.2) is 25.2 Å². The van der Waals surface area contributed by atoms with Gasteiger partial charge in [0.1, 0.15) is 6.20 Å². The van der Waals surface area contributed by atoms with Crippen molar-refractivity contribution in [2.24, 2.45) is 5.28 Å². The summed E-state index contributed by atoms with van der Waals surface area (Å²) in [5.74, 6) is 0. The van der Waals surface area contributed by atoms with Gasteiger partial charge in [0.25, 0.3) is 0 Å². The van der Waals surface area contributed by atoms with Crippen molar-refractivity contribution < 1.29 is 15.3 Å². The lowest BCUT2D eigenvalue weighted by Crippen LogP contribution is -1.95. The van der Waals surface area contributed by atoms with Gasteiger partial charge >= 0.3 is 5.69 Å². The molecule has 98 valence electrons. The van der Waals surface area contributed by atoms with E-state index in [0.29, 0.717) is 4.86 Å². The Morgan fingerprint density at radius 2 is 1.80 bits per heavy atom. The first kappa shape index (κ1) is 12.0. The first-order chi connectivity index (χ1) is 9.78.